The maximum absolute atomic E-state index is 12.9. The predicted molar refractivity (Wildman–Crippen MR) is 84.7 cm³/mol. The third-order valence-corrected chi connectivity index (χ3v) is 3.63. The van der Waals surface area contributed by atoms with Crippen molar-refractivity contribution in [2.24, 2.45) is 11.7 Å². The summed E-state index contributed by atoms with van der Waals surface area (Å²) in [6.45, 7) is 3.29. The lowest BCUT2D eigenvalue weighted by Gasteiger charge is -2.23. The van der Waals surface area contributed by atoms with Gasteiger partial charge in [-0.3, -0.25) is 4.79 Å². The molecule has 2 rings (SSSR count). The molecule has 118 valence electrons. The van der Waals surface area contributed by atoms with E-state index in [0.717, 1.165) is 12.1 Å². The number of rotatable bonds is 7. The number of carbonyl (C=O) groups is 1. The van der Waals surface area contributed by atoms with Gasteiger partial charge in [0.25, 0.3) is 0 Å². The summed E-state index contributed by atoms with van der Waals surface area (Å²) < 4.78 is 12.9. The number of nitrogens with zero attached hydrogens (tertiary/aromatic N) is 1. The van der Waals surface area contributed by atoms with Crippen LogP contribution in [0.3, 0.4) is 0 Å². The number of amides is 1. The molecular weight excluding hydrogens is 291 g/mol. The van der Waals surface area contributed by atoms with Gasteiger partial charge in [0.05, 0.1) is 0 Å². The number of nitrogens with two attached hydrogens (primary N) is 1. The van der Waals surface area contributed by atoms with Gasteiger partial charge in [0.2, 0.25) is 5.91 Å². The van der Waals surface area contributed by atoms with Crippen LogP contribution in [0, 0.1) is 11.7 Å². The normalized spacial score (nSPS) is 15.2. The Morgan fingerprint density at radius 1 is 1.38 bits per heavy atom. The SMILES string of the molecule is CC(N)CCC(=O)N(Cc1ccc(F)cc1)CC1CC1.Cl. The Morgan fingerprint density at radius 3 is 2.52 bits per heavy atom. The first-order chi connectivity index (χ1) is 9.54. The van der Waals surface area contributed by atoms with Crippen molar-refractivity contribution in [3.05, 3.63) is 35.6 Å². The molecule has 1 fully saturated rings. The first-order valence-corrected chi connectivity index (χ1v) is 7.32. The van der Waals surface area contributed by atoms with Gasteiger partial charge in [-0.25, -0.2) is 4.39 Å². The van der Waals surface area contributed by atoms with Crippen LogP contribution in [0.5, 0.6) is 0 Å². The number of benzene rings is 1. The topological polar surface area (TPSA) is 46.3 Å². The van der Waals surface area contributed by atoms with E-state index in [2.05, 4.69) is 0 Å². The summed E-state index contributed by atoms with van der Waals surface area (Å²) in [7, 11) is 0. The van der Waals surface area contributed by atoms with E-state index >= 15 is 0 Å². The van der Waals surface area contributed by atoms with E-state index in [1.54, 1.807) is 12.1 Å². The molecule has 0 aliphatic heterocycles. The molecule has 0 radical (unpaired) electrons. The highest BCUT2D eigenvalue weighted by Gasteiger charge is 2.26. The van der Waals surface area contributed by atoms with Crippen molar-refractivity contribution < 1.29 is 9.18 Å². The van der Waals surface area contributed by atoms with Crippen molar-refractivity contribution in [3.63, 3.8) is 0 Å². The molecule has 0 spiro atoms. The maximum atomic E-state index is 12.9. The lowest BCUT2D eigenvalue weighted by Crippen LogP contribution is -2.33. The van der Waals surface area contributed by atoms with Gasteiger partial charge >= 0.3 is 0 Å². The summed E-state index contributed by atoms with van der Waals surface area (Å²) in [6.07, 6.45) is 3.62. The highest BCUT2D eigenvalue weighted by Crippen LogP contribution is 2.30. The van der Waals surface area contributed by atoms with Gasteiger partial charge in [-0.15, -0.1) is 12.4 Å². The minimum Gasteiger partial charge on any atom is -0.338 e. The number of hydrogen-bond donors (Lipinski definition) is 1. The van der Waals surface area contributed by atoms with Crippen LogP contribution in [0.25, 0.3) is 0 Å². The molecule has 1 amide bonds. The highest BCUT2D eigenvalue weighted by atomic mass is 35.5. The summed E-state index contributed by atoms with van der Waals surface area (Å²) >= 11 is 0. The molecule has 2 N–H and O–H groups in total. The Hall–Kier alpha value is -1.13. The van der Waals surface area contributed by atoms with E-state index in [9.17, 15) is 9.18 Å². The van der Waals surface area contributed by atoms with E-state index in [1.807, 2.05) is 11.8 Å². The number of hydrogen-bond acceptors (Lipinski definition) is 2. The van der Waals surface area contributed by atoms with Gasteiger partial charge in [-0.2, -0.15) is 0 Å². The van der Waals surface area contributed by atoms with Crippen molar-refractivity contribution in [3.8, 4) is 0 Å². The van der Waals surface area contributed by atoms with Crippen molar-refractivity contribution in [2.45, 2.75) is 45.2 Å². The molecule has 0 bridgehead atoms. The molecule has 1 aliphatic rings. The Labute approximate surface area is 132 Å². The first-order valence-electron chi connectivity index (χ1n) is 7.32. The smallest absolute Gasteiger partial charge is 0.222 e. The van der Waals surface area contributed by atoms with E-state index in [-0.39, 0.29) is 30.2 Å². The summed E-state index contributed by atoms with van der Waals surface area (Å²) in [5.74, 6) is 0.555. The van der Waals surface area contributed by atoms with E-state index in [4.69, 9.17) is 5.73 Å². The first kappa shape index (κ1) is 17.9. The quantitative estimate of drug-likeness (QED) is 0.840. The molecular formula is C16H24ClFN2O. The second kappa shape index (κ2) is 8.35. The van der Waals surface area contributed by atoms with E-state index < -0.39 is 0 Å². The fourth-order valence-electron chi connectivity index (χ4n) is 2.19. The van der Waals surface area contributed by atoms with Crippen molar-refractivity contribution in [1.82, 2.24) is 4.90 Å². The third kappa shape index (κ3) is 6.44. The zero-order valence-electron chi connectivity index (χ0n) is 12.4. The Balaban J connectivity index is 0.00000220. The van der Waals surface area contributed by atoms with Crippen LogP contribution >= 0.6 is 12.4 Å². The molecule has 1 saturated carbocycles. The number of halogens is 2. The van der Waals surface area contributed by atoms with Crippen molar-refractivity contribution in [1.29, 1.82) is 0 Å². The lowest BCUT2D eigenvalue weighted by atomic mass is 10.1. The zero-order valence-corrected chi connectivity index (χ0v) is 13.2. The minimum absolute atomic E-state index is 0. The fourth-order valence-corrected chi connectivity index (χ4v) is 2.19. The standard InChI is InChI=1S/C16H23FN2O.ClH/c1-12(18)2-9-16(20)19(10-13-3-4-13)11-14-5-7-15(17)8-6-14;/h5-8,12-13H,2-4,9-11,18H2,1H3;1H. The second-order valence-corrected chi connectivity index (χ2v) is 5.86. The Bertz CT molecular complexity index is 446. The molecule has 3 nitrogen and oxygen atoms in total. The average Bonchev–Trinajstić information content (AvgIpc) is 3.21. The Kier molecular flexibility index (Phi) is 7.12. The van der Waals surface area contributed by atoms with Gasteiger partial charge in [-0.1, -0.05) is 12.1 Å². The van der Waals surface area contributed by atoms with Crippen molar-refractivity contribution >= 4 is 18.3 Å². The summed E-state index contributed by atoms with van der Waals surface area (Å²) in [5.41, 5.74) is 6.68. The lowest BCUT2D eigenvalue weighted by molar-refractivity contribution is -0.132. The molecule has 1 aromatic carbocycles. The molecule has 21 heavy (non-hydrogen) atoms. The average molecular weight is 315 g/mol. The summed E-state index contributed by atoms with van der Waals surface area (Å²) in [4.78, 5) is 14.2. The van der Waals surface area contributed by atoms with Crippen LogP contribution in [-0.4, -0.2) is 23.4 Å². The summed E-state index contributed by atoms with van der Waals surface area (Å²) in [6, 6.07) is 6.42. The van der Waals surface area contributed by atoms with Gasteiger partial charge < -0.3 is 10.6 Å². The fraction of sp³-hybridized carbons (Fsp3) is 0.562. The molecule has 0 heterocycles. The molecule has 1 aromatic rings. The second-order valence-electron chi connectivity index (χ2n) is 5.86. The maximum Gasteiger partial charge on any atom is 0.222 e. The zero-order chi connectivity index (χ0) is 14.5. The van der Waals surface area contributed by atoms with Crippen LogP contribution in [-0.2, 0) is 11.3 Å². The molecule has 1 atom stereocenters. The molecule has 0 saturated heterocycles. The van der Waals surface area contributed by atoms with E-state index in [1.165, 1.54) is 25.0 Å². The van der Waals surface area contributed by atoms with Crippen LogP contribution in [0.2, 0.25) is 0 Å². The van der Waals surface area contributed by atoms with Crippen molar-refractivity contribution in [2.75, 3.05) is 6.54 Å². The monoisotopic (exact) mass is 314 g/mol. The molecule has 1 unspecified atom stereocenters. The molecule has 0 aromatic heterocycles. The minimum atomic E-state index is -0.245. The largest absolute Gasteiger partial charge is 0.338 e. The van der Waals surface area contributed by atoms with Crippen LogP contribution < -0.4 is 5.73 Å². The molecule has 5 heteroatoms. The summed E-state index contributed by atoms with van der Waals surface area (Å²) in [5, 5.41) is 0. The predicted octanol–water partition coefficient (Wildman–Crippen LogP) is 3.11. The van der Waals surface area contributed by atoms with Gasteiger partial charge in [-0.05, 0) is 49.8 Å². The van der Waals surface area contributed by atoms with Gasteiger partial charge in [0.1, 0.15) is 5.82 Å². The Morgan fingerprint density at radius 2 is 2.00 bits per heavy atom. The van der Waals surface area contributed by atoms with E-state index in [0.29, 0.717) is 25.3 Å². The van der Waals surface area contributed by atoms with Gasteiger partial charge in [0, 0.05) is 25.6 Å². The van der Waals surface area contributed by atoms with Gasteiger partial charge in [0.15, 0.2) is 0 Å². The molecule has 1 aliphatic carbocycles. The van der Waals surface area contributed by atoms with Crippen LogP contribution in [0.4, 0.5) is 4.39 Å². The highest BCUT2D eigenvalue weighted by molar-refractivity contribution is 5.85. The number of carbonyl (C=O) groups excluding carboxylic acids is 1. The van der Waals surface area contributed by atoms with Crippen LogP contribution in [0.15, 0.2) is 24.3 Å². The third-order valence-electron chi connectivity index (χ3n) is 3.63. The van der Waals surface area contributed by atoms with Crippen LogP contribution in [0.1, 0.15) is 38.2 Å².